The molecule has 104 valence electrons. The van der Waals surface area contributed by atoms with E-state index in [-0.39, 0.29) is 11.9 Å². The summed E-state index contributed by atoms with van der Waals surface area (Å²) < 4.78 is 10.9. The monoisotopic (exact) mass is 285 g/mol. The molecule has 1 unspecified atom stereocenters. The summed E-state index contributed by atoms with van der Waals surface area (Å²) in [5, 5.41) is 8.41. The average molecular weight is 286 g/mol. The summed E-state index contributed by atoms with van der Waals surface area (Å²) in [4.78, 5) is 12.3. The molecule has 0 radical (unpaired) electrons. The van der Waals surface area contributed by atoms with E-state index in [9.17, 15) is 4.79 Å². The van der Waals surface area contributed by atoms with Crippen LogP contribution in [0.2, 0.25) is 0 Å². The van der Waals surface area contributed by atoms with Gasteiger partial charge in [0, 0.05) is 6.54 Å². The van der Waals surface area contributed by atoms with Crippen LogP contribution >= 0.6 is 11.6 Å². The van der Waals surface area contributed by atoms with Gasteiger partial charge in [-0.1, -0.05) is 6.07 Å². The average Bonchev–Trinajstić information content (AvgIpc) is 2.37. The van der Waals surface area contributed by atoms with Gasteiger partial charge in [0.2, 0.25) is 0 Å². The molecule has 0 spiro atoms. The molecule has 0 bridgehead atoms. The maximum absolute atomic E-state index is 10.6. The fraction of sp³-hybridized carbons (Fsp3) is 0.462. The molecule has 5 nitrogen and oxygen atoms in total. The van der Waals surface area contributed by atoms with Crippen LogP contribution in [0, 0.1) is 0 Å². The first-order valence-electron chi connectivity index (χ1n) is 6.00. The number of alkyl halides is 1. The maximum Gasteiger partial charge on any atom is 0.317 e. The molecule has 1 aromatic rings. The highest BCUT2D eigenvalue weighted by Crippen LogP contribution is 2.34. The van der Waals surface area contributed by atoms with E-state index in [4.69, 9.17) is 26.2 Å². The smallest absolute Gasteiger partial charge is 0.317 e. The number of aliphatic carboxylic acids is 1. The Balaban J connectivity index is 2.02. The van der Waals surface area contributed by atoms with Gasteiger partial charge in [0.25, 0.3) is 0 Å². The summed E-state index contributed by atoms with van der Waals surface area (Å²) >= 11 is 6.30. The fourth-order valence-electron chi connectivity index (χ4n) is 1.93. The summed E-state index contributed by atoms with van der Waals surface area (Å²) in [5.74, 6) is 0.543. The molecular weight excluding hydrogens is 270 g/mol. The van der Waals surface area contributed by atoms with E-state index in [1.54, 1.807) is 11.9 Å². The molecule has 0 saturated carbocycles. The van der Waals surface area contributed by atoms with Gasteiger partial charge in [0.15, 0.2) is 11.5 Å². The second-order valence-electron chi connectivity index (χ2n) is 4.46. The number of likely N-dealkylation sites (N-methyl/N-ethyl adjacent to an activating group) is 1. The van der Waals surface area contributed by atoms with Crippen LogP contribution in [-0.2, 0) is 4.79 Å². The van der Waals surface area contributed by atoms with Crippen molar-refractivity contribution in [1.29, 1.82) is 0 Å². The van der Waals surface area contributed by atoms with Crippen molar-refractivity contribution in [1.82, 2.24) is 4.90 Å². The molecule has 1 atom stereocenters. The third kappa shape index (κ3) is 3.75. The standard InChI is InChI=1S/C13H16ClNO4/c1-15(8-13(16)17)7-10(14)9-2-3-11-12(6-9)19-5-4-18-11/h2-3,6,10H,4-5,7-8H2,1H3,(H,16,17). The molecule has 0 fully saturated rings. The normalized spacial score (nSPS) is 15.3. The first-order chi connectivity index (χ1) is 9.06. The quantitative estimate of drug-likeness (QED) is 0.835. The number of halogens is 1. The van der Waals surface area contributed by atoms with Crippen LogP contribution in [-0.4, -0.2) is 49.3 Å². The Morgan fingerprint density at radius 3 is 2.79 bits per heavy atom. The number of carboxylic acid groups (broad SMARTS) is 1. The van der Waals surface area contributed by atoms with E-state index in [1.807, 2.05) is 18.2 Å². The summed E-state index contributed by atoms with van der Waals surface area (Å²) in [5.41, 5.74) is 0.892. The van der Waals surface area contributed by atoms with Crippen molar-refractivity contribution in [2.45, 2.75) is 5.38 Å². The van der Waals surface area contributed by atoms with E-state index in [0.29, 0.717) is 25.5 Å². The molecule has 1 N–H and O–H groups in total. The zero-order chi connectivity index (χ0) is 13.8. The van der Waals surface area contributed by atoms with Gasteiger partial charge in [-0.25, -0.2) is 0 Å². The highest BCUT2D eigenvalue weighted by atomic mass is 35.5. The van der Waals surface area contributed by atoms with Gasteiger partial charge in [0.05, 0.1) is 11.9 Å². The number of benzene rings is 1. The van der Waals surface area contributed by atoms with E-state index in [2.05, 4.69) is 0 Å². The van der Waals surface area contributed by atoms with Crippen LogP contribution < -0.4 is 9.47 Å². The first kappa shape index (κ1) is 14.0. The van der Waals surface area contributed by atoms with Crippen molar-refractivity contribution in [2.75, 3.05) is 33.4 Å². The van der Waals surface area contributed by atoms with E-state index < -0.39 is 5.97 Å². The zero-order valence-corrected chi connectivity index (χ0v) is 11.4. The molecule has 0 saturated heterocycles. The molecule has 0 aromatic heterocycles. The lowest BCUT2D eigenvalue weighted by Crippen LogP contribution is -2.28. The minimum absolute atomic E-state index is 0.0340. The van der Waals surface area contributed by atoms with E-state index in [1.165, 1.54) is 0 Å². The van der Waals surface area contributed by atoms with Crippen molar-refractivity contribution in [3.05, 3.63) is 23.8 Å². The predicted octanol–water partition coefficient (Wildman–Crippen LogP) is 1.75. The van der Waals surface area contributed by atoms with Crippen molar-refractivity contribution in [3.8, 4) is 11.5 Å². The fourth-order valence-corrected chi connectivity index (χ4v) is 2.30. The number of hydrogen-bond acceptors (Lipinski definition) is 4. The zero-order valence-electron chi connectivity index (χ0n) is 10.6. The second kappa shape index (κ2) is 6.12. The minimum Gasteiger partial charge on any atom is -0.486 e. The molecule has 1 aromatic carbocycles. The van der Waals surface area contributed by atoms with Crippen LogP contribution in [0.25, 0.3) is 0 Å². The van der Waals surface area contributed by atoms with Gasteiger partial charge < -0.3 is 14.6 Å². The number of rotatable bonds is 5. The Labute approximate surface area is 116 Å². The number of fused-ring (bicyclic) bond motifs is 1. The van der Waals surface area contributed by atoms with Gasteiger partial charge in [-0.15, -0.1) is 11.6 Å². The largest absolute Gasteiger partial charge is 0.486 e. The molecule has 19 heavy (non-hydrogen) atoms. The number of hydrogen-bond donors (Lipinski definition) is 1. The molecule has 1 aliphatic rings. The van der Waals surface area contributed by atoms with Crippen molar-refractivity contribution in [2.24, 2.45) is 0 Å². The first-order valence-corrected chi connectivity index (χ1v) is 6.44. The predicted molar refractivity (Wildman–Crippen MR) is 71.2 cm³/mol. The van der Waals surface area contributed by atoms with Gasteiger partial charge >= 0.3 is 5.97 Å². The Bertz CT molecular complexity index is 466. The third-order valence-electron chi connectivity index (χ3n) is 2.81. The van der Waals surface area contributed by atoms with Crippen molar-refractivity contribution in [3.63, 3.8) is 0 Å². The lowest BCUT2D eigenvalue weighted by atomic mass is 10.1. The SMILES string of the molecule is CN(CC(=O)O)CC(Cl)c1ccc2c(c1)OCCO2. The maximum atomic E-state index is 10.6. The number of ether oxygens (including phenoxy) is 2. The van der Waals surface area contributed by atoms with Gasteiger partial charge in [-0.2, -0.15) is 0 Å². The number of carboxylic acids is 1. The highest BCUT2D eigenvalue weighted by Gasteiger charge is 2.17. The third-order valence-corrected chi connectivity index (χ3v) is 3.20. The summed E-state index contributed by atoms with van der Waals surface area (Å²) in [6, 6.07) is 5.55. The summed E-state index contributed by atoms with van der Waals surface area (Å²) in [7, 11) is 1.72. The summed E-state index contributed by atoms with van der Waals surface area (Å²) in [6.07, 6.45) is 0. The number of nitrogens with zero attached hydrogens (tertiary/aromatic N) is 1. The lowest BCUT2D eigenvalue weighted by Gasteiger charge is -2.22. The Hall–Kier alpha value is -1.46. The van der Waals surface area contributed by atoms with Crippen LogP contribution in [0.5, 0.6) is 11.5 Å². The molecule has 0 aliphatic carbocycles. The minimum atomic E-state index is -0.867. The Morgan fingerprint density at radius 1 is 1.42 bits per heavy atom. The molecule has 1 aliphatic heterocycles. The molecule has 2 rings (SSSR count). The second-order valence-corrected chi connectivity index (χ2v) is 4.99. The molecule has 6 heteroatoms. The van der Waals surface area contributed by atoms with Crippen LogP contribution in [0.15, 0.2) is 18.2 Å². The van der Waals surface area contributed by atoms with Crippen LogP contribution in [0.3, 0.4) is 0 Å². The van der Waals surface area contributed by atoms with Crippen LogP contribution in [0.4, 0.5) is 0 Å². The Morgan fingerprint density at radius 2 is 2.11 bits per heavy atom. The van der Waals surface area contributed by atoms with Crippen LogP contribution in [0.1, 0.15) is 10.9 Å². The van der Waals surface area contributed by atoms with Crippen molar-refractivity contribution < 1.29 is 19.4 Å². The molecule has 1 heterocycles. The van der Waals surface area contributed by atoms with E-state index >= 15 is 0 Å². The topological polar surface area (TPSA) is 59.0 Å². The van der Waals surface area contributed by atoms with Gasteiger partial charge in [-0.3, -0.25) is 9.69 Å². The van der Waals surface area contributed by atoms with E-state index in [0.717, 1.165) is 11.3 Å². The highest BCUT2D eigenvalue weighted by molar-refractivity contribution is 6.21. The van der Waals surface area contributed by atoms with Gasteiger partial charge in [-0.05, 0) is 24.7 Å². The summed E-state index contributed by atoms with van der Waals surface area (Å²) in [6.45, 7) is 1.50. The Kier molecular flexibility index (Phi) is 4.50. The number of carbonyl (C=O) groups is 1. The molecular formula is C13H16ClNO4. The van der Waals surface area contributed by atoms with Crippen molar-refractivity contribution >= 4 is 17.6 Å². The van der Waals surface area contributed by atoms with Gasteiger partial charge in [0.1, 0.15) is 13.2 Å². The lowest BCUT2D eigenvalue weighted by molar-refractivity contribution is -0.137. The molecule has 0 amide bonds.